The van der Waals surface area contributed by atoms with Gasteiger partial charge in [-0.1, -0.05) is 34.1 Å². The van der Waals surface area contributed by atoms with E-state index in [1.807, 2.05) is 24.3 Å². The van der Waals surface area contributed by atoms with Crippen LogP contribution in [0.5, 0.6) is 0 Å². The molecular weight excluding hydrogens is 326 g/mol. The molecule has 5 nitrogen and oxygen atoms in total. The summed E-state index contributed by atoms with van der Waals surface area (Å²) in [5, 5.41) is 11.9. The van der Waals surface area contributed by atoms with Crippen LogP contribution in [-0.4, -0.2) is 36.2 Å². The highest BCUT2D eigenvalue weighted by atomic mass is 79.9. The first-order valence-corrected chi connectivity index (χ1v) is 7.21. The monoisotopic (exact) mass is 341 g/mol. The van der Waals surface area contributed by atoms with E-state index in [9.17, 15) is 14.7 Å². The van der Waals surface area contributed by atoms with Crippen molar-refractivity contribution in [2.75, 3.05) is 13.2 Å². The first-order valence-electron chi connectivity index (χ1n) is 6.42. The molecule has 0 bridgehead atoms. The molecule has 0 spiro atoms. The molecule has 1 aromatic carbocycles. The molecule has 1 heterocycles. The highest BCUT2D eigenvalue weighted by Crippen LogP contribution is 2.18. The molecule has 1 saturated heterocycles. The lowest BCUT2D eigenvalue weighted by Gasteiger charge is -2.17. The SMILES string of the molecule is O=C(N[C@H](Cc1ccccc1Br)C(=O)O)[C@H]1CCOC1. The fraction of sp³-hybridized carbons (Fsp3) is 0.429. The molecule has 2 rings (SSSR count). The van der Waals surface area contributed by atoms with E-state index in [2.05, 4.69) is 21.2 Å². The van der Waals surface area contributed by atoms with Gasteiger partial charge in [0.05, 0.1) is 12.5 Å². The normalized spacial score (nSPS) is 19.6. The summed E-state index contributed by atoms with van der Waals surface area (Å²) in [6.07, 6.45) is 0.892. The number of carboxylic acid groups (broad SMARTS) is 1. The number of nitrogens with one attached hydrogen (secondary N) is 1. The number of halogens is 1. The van der Waals surface area contributed by atoms with E-state index in [1.54, 1.807) is 0 Å². The Hall–Kier alpha value is -1.40. The van der Waals surface area contributed by atoms with Gasteiger partial charge in [-0.25, -0.2) is 4.79 Å². The molecular formula is C14H16BrNO4. The second kappa shape index (κ2) is 6.85. The van der Waals surface area contributed by atoms with Gasteiger partial charge in [-0.2, -0.15) is 0 Å². The Balaban J connectivity index is 2.02. The van der Waals surface area contributed by atoms with Crippen molar-refractivity contribution >= 4 is 27.8 Å². The molecule has 1 aliphatic rings. The lowest BCUT2D eigenvalue weighted by Crippen LogP contribution is -2.45. The van der Waals surface area contributed by atoms with Crippen molar-refractivity contribution < 1.29 is 19.4 Å². The van der Waals surface area contributed by atoms with Gasteiger partial charge in [0.1, 0.15) is 6.04 Å². The number of aliphatic carboxylic acids is 1. The molecule has 0 aliphatic carbocycles. The number of benzene rings is 1. The number of carbonyl (C=O) groups excluding carboxylic acids is 1. The minimum atomic E-state index is -1.03. The van der Waals surface area contributed by atoms with Crippen LogP contribution < -0.4 is 5.32 Å². The van der Waals surface area contributed by atoms with Crippen LogP contribution in [0.1, 0.15) is 12.0 Å². The van der Waals surface area contributed by atoms with E-state index in [1.165, 1.54) is 0 Å². The highest BCUT2D eigenvalue weighted by Gasteiger charge is 2.28. The topological polar surface area (TPSA) is 75.6 Å². The minimum Gasteiger partial charge on any atom is -0.480 e. The standard InChI is InChI=1S/C14H16BrNO4/c15-11-4-2-1-3-9(11)7-12(14(18)19)16-13(17)10-5-6-20-8-10/h1-4,10,12H,5-8H2,(H,16,17)(H,18,19)/t10-,12+/m0/s1. The molecule has 0 aromatic heterocycles. The van der Waals surface area contributed by atoms with Crippen molar-refractivity contribution in [2.24, 2.45) is 5.92 Å². The highest BCUT2D eigenvalue weighted by molar-refractivity contribution is 9.10. The van der Waals surface area contributed by atoms with Crippen LogP contribution in [0.2, 0.25) is 0 Å². The van der Waals surface area contributed by atoms with Gasteiger partial charge in [-0.3, -0.25) is 4.79 Å². The minimum absolute atomic E-state index is 0.240. The zero-order valence-electron chi connectivity index (χ0n) is 10.8. The molecule has 0 unspecified atom stereocenters. The summed E-state index contributed by atoms with van der Waals surface area (Å²) in [4.78, 5) is 23.3. The Morgan fingerprint density at radius 3 is 2.80 bits per heavy atom. The van der Waals surface area contributed by atoms with Gasteiger partial charge in [0.25, 0.3) is 0 Å². The maximum atomic E-state index is 12.0. The first-order chi connectivity index (χ1) is 9.58. The van der Waals surface area contributed by atoms with Crippen LogP contribution in [-0.2, 0) is 20.7 Å². The fourth-order valence-electron chi connectivity index (χ4n) is 2.11. The molecule has 108 valence electrons. The molecule has 0 radical (unpaired) electrons. The Morgan fingerprint density at radius 2 is 2.20 bits per heavy atom. The van der Waals surface area contributed by atoms with Crippen molar-refractivity contribution in [3.05, 3.63) is 34.3 Å². The lowest BCUT2D eigenvalue weighted by molar-refractivity contribution is -0.142. The molecule has 20 heavy (non-hydrogen) atoms. The Morgan fingerprint density at radius 1 is 1.45 bits per heavy atom. The first kappa shape index (κ1) is 15.0. The van der Waals surface area contributed by atoms with Crippen LogP contribution in [0.3, 0.4) is 0 Å². The number of hydrogen-bond acceptors (Lipinski definition) is 3. The van der Waals surface area contributed by atoms with Crippen molar-refractivity contribution in [2.45, 2.75) is 18.9 Å². The summed E-state index contributed by atoms with van der Waals surface area (Å²) in [7, 11) is 0. The van der Waals surface area contributed by atoms with Gasteiger partial charge in [0.2, 0.25) is 5.91 Å². The van der Waals surface area contributed by atoms with E-state index in [-0.39, 0.29) is 18.2 Å². The second-order valence-electron chi connectivity index (χ2n) is 4.76. The van der Waals surface area contributed by atoms with Crippen molar-refractivity contribution in [3.63, 3.8) is 0 Å². The lowest BCUT2D eigenvalue weighted by atomic mass is 10.0. The van der Waals surface area contributed by atoms with Crippen molar-refractivity contribution in [1.82, 2.24) is 5.32 Å². The number of carbonyl (C=O) groups is 2. The summed E-state index contributed by atoms with van der Waals surface area (Å²) in [6, 6.07) is 6.46. The van der Waals surface area contributed by atoms with E-state index in [4.69, 9.17) is 4.74 Å². The third-order valence-corrected chi connectivity index (χ3v) is 4.07. The van der Waals surface area contributed by atoms with Crippen LogP contribution in [0.25, 0.3) is 0 Å². The number of hydrogen-bond donors (Lipinski definition) is 2. The smallest absolute Gasteiger partial charge is 0.326 e. The average molecular weight is 342 g/mol. The quantitative estimate of drug-likeness (QED) is 0.852. The van der Waals surface area contributed by atoms with Crippen LogP contribution in [0, 0.1) is 5.92 Å². The number of carboxylic acids is 1. The molecule has 2 N–H and O–H groups in total. The van der Waals surface area contributed by atoms with Gasteiger partial charge in [0.15, 0.2) is 0 Å². The molecule has 1 aliphatic heterocycles. The maximum absolute atomic E-state index is 12.0. The van der Waals surface area contributed by atoms with Gasteiger partial charge >= 0.3 is 5.97 Å². The maximum Gasteiger partial charge on any atom is 0.326 e. The average Bonchev–Trinajstić information content (AvgIpc) is 2.94. The van der Waals surface area contributed by atoms with E-state index < -0.39 is 12.0 Å². The number of ether oxygens (including phenoxy) is 1. The fourth-order valence-corrected chi connectivity index (χ4v) is 2.56. The number of amides is 1. The van der Waals surface area contributed by atoms with Crippen LogP contribution >= 0.6 is 15.9 Å². The third-order valence-electron chi connectivity index (χ3n) is 3.30. The van der Waals surface area contributed by atoms with Crippen LogP contribution in [0.15, 0.2) is 28.7 Å². The van der Waals surface area contributed by atoms with Gasteiger partial charge in [-0.05, 0) is 18.1 Å². The molecule has 1 aromatic rings. The predicted molar refractivity (Wildman–Crippen MR) is 76.3 cm³/mol. The van der Waals surface area contributed by atoms with Crippen molar-refractivity contribution in [3.8, 4) is 0 Å². The zero-order valence-corrected chi connectivity index (χ0v) is 12.4. The van der Waals surface area contributed by atoms with Crippen molar-refractivity contribution in [1.29, 1.82) is 0 Å². The molecule has 6 heteroatoms. The Bertz CT molecular complexity index is 500. The zero-order chi connectivity index (χ0) is 14.5. The van der Waals surface area contributed by atoms with Gasteiger partial charge in [0, 0.05) is 17.5 Å². The van der Waals surface area contributed by atoms with E-state index >= 15 is 0 Å². The summed E-state index contributed by atoms with van der Waals surface area (Å²) in [5.41, 5.74) is 0.850. The van der Waals surface area contributed by atoms with Gasteiger partial charge in [-0.15, -0.1) is 0 Å². The summed E-state index contributed by atoms with van der Waals surface area (Å²) >= 11 is 3.38. The van der Waals surface area contributed by atoms with E-state index in [0.29, 0.717) is 19.6 Å². The third kappa shape index (κ3) is 3.80. The largest absolute Gasteiger partial charge is 0.480 e. The molecule has 2 atom stereocenters. The van der Waals surface area contributed by atoms with Crippen LogP contribution in [0.4, 0.5) is 0 Å². The predicted octanol–water partition coefficient (Wildman–Crippen LogP) is 1.60. The van der Waals surface area contributed by atoms with Gasteiger partial charge < -0.3 is 15.2 Å². The summed E-state index contributed by atoms with van der Waals surface area (Å²) < 4.78 is 5.98. The summed E-state index contributed by atoms with van der Waals surface area (Å²) in [6.45, 7) is 0.924. The Kier molecular flexibility index (Phi) is 5.14. The summed E-state index contributed by atoms with van der Waals surface area (Å²) in [5.74, 6) is -1.52. The van der Waals surface area contributed by atoms with E-state index in [0.717, 1.165) is 10.0 Å². The number of rotatable bonds is 5. The second-order valence-corrected chi connectivity index (χ2v) is 5.61. The molecule has 1 amide bonds. The molecule has 0 saturated carbocycles. The molecule has 1 fully saturated rings. The Labute approximate surface area is 125 Å².